The van der Waals surface area contributed by atoms with Crippen molar-refractivity contribution in [3.63, 3.8) is 0 Å². The molecule has 0 heterocycles. The Bertz CT molecular complexity index is 3710. The van der Waals surface area contributed by atoms with Gasteiger partial charge in [-0.1, -0.05) is 534 Å². The summed E-state index contributed by atoms with van der Waals surface area (Å²) in [6.45, 7) is 14.1. The monoisotopic (exact) mass is 2040 g/mol. The molecule has 0 N–H and O–H groups in total. The van der Waals surface area contributed by atoms with Crippen LogP contribution in [0.3, 0.4) is 0 Å². The van der Waals surface area contributed by atoms with Crippen LogP contribution < -0.4 is 0 Å². The van der Waals surface area contributed by atoms with Crippen LogP contribution in [0.1, 0.15) is 678 Å². The fraction of sp³-hybridized carbons (Fsp3) is 0.720. The average molecular weight is 2040 g/mol. The molecule has 0 atom stereocenters. The van der Waals surface area contributed by atoms with Crippen molar-refractivity contribution in [1.29, 1.82) is 0 Å². The molecular weight excluding hydrogens is 1800 g/mol. The maximum Gasteiger partial charge on any atom is -0.0162 e. The van der Waals surface area contributed by atoms with Crippen LogP contribution in [0.2, 0.25) is 0 Å². The lowest BCUT2D eigenvalue weighted by Crippen LogP contribution is -2.18. The van der Waals surface area contributed by atoms with E-state index in [-0.39, 0.29) is 0 Å². The summed E-state index contributed by atoms with van der Waals surface area (Å²) in [6, 6.07) is 63.4. The minimum absolute atomic E-state index is 0.703. The van der Waals surface area contributed by atoms with Gasteiger partial charge in [0.25, 0.3) is 0 Å². The number of hydrogen-bond acceptors (Lipinski definition) is 0. The van der Waals surface area contributed by atoms with E-state index >= 15 is 0 Å². The molecule has 6 saturated carbocycles. The maximum absolute atomic E-state index is 2.64. The topological polar surface area (TPSA) is 0 Å². The van der Waals surface area contributed by atoms with Gasteiger partial charge in [0.15, 0.2) is 0 Å². The summed E-state index contributed by atoms with van der Waals surface area (Å²) in [6.07, 6.45) is 124. The minimum Gasteiger partial charge on any atom is -0.0654 e. The third-order valence-electron chi connectivity index (χ3n) is 40.8. The van der Waals surface area contributed by atoms with E-state index in [2.05, 4.69) is 187 Å². The lowest BCUT2D eigenvalue weighted by atomic mass is 9.75. The van der Waals surface area contributed by atoms with Crippen LogP contribution in [0.5, 0.6) is 0 Å². The fourth-order valence-corrected chi connectivity index (χ4v) is 30.4. The Kier molecular flexibility index (Phi) is 59.9. The third kappa shape index (κ3) is 44.8. The Hall–Kier alpha value is -5.46. The van der Waals surface area contributed by atoms with Gasteiger partial charge in [-0.15, -0.1) is 0 Å². The molecule has 0 bridgehead atoms. The highest BCUT2D eigenvalue weighted by molar-refractivity contribution is 5.55. The van der Waals surface area contributed by atoms with Crippen LogP contribution >= 0.6 is 0 Å². The highest BCUT2D eigenvalue weighted by atomic mass is 14.4. The maximum atomic E-state index is 2.64. The predicted octanol–water partition coefficient (Wildman–Crippen LogP) is 47.2. The van der Waals surface area contributed by atoms with Gasteiger partial charge in [0.2, 0.25) is 0 Å². The van der Waals surface area contributed by atoms with E-state index in [4.69, 9.17) is 0 Å². The Labute approximate surface area is 929 Å². The molecule has 834 valence electrons. The van der Waals surface area contributed by atoms with Gasteiger partial charge in [0.1, 0.15) is 0 Å². The van der Waals surface area contributed by atoms with Crippen molar-refractivity contribution in [2.24, 2.45) is 35.5 Å². The van der Waals surface area contributed by atoms with Crippen molar-refractivity contribution in [2.75, 3.05) is 0 Å². The normalized spacial score (nSPS) is 21.3. The molecule has 0 heteroatoms. The van der Waals surface area contributed by atoms with E-state index < -0.39 is 0 Å². The zero-order valence-electron chi connectivity index (χ0n) is 99.4. The fourth-order valence-electron chi connectivity index (χ4n) is 30.4. The molecule has 0 nitrogen and oxygen atoms in total. The molecule has 0 saturated heterocycles. The van der Waals surface area contributed by atoms with Gasteiger partial charge in [0.05, 0.1) is 0 Å². The van der Waals surface area contributed by atoms with E-state index in [1.807, 2.05) is 0 Å². The van der Waals surface area contributed by atoms with E-state index in [0.29, 0.717) is 35.5 Å². The van der Waals surface area contributed by atoms with E-state index in [1.165, 1.54) is 501 Å². The zero-order chi connectivity index (χ0) is 104. The Balaban J connectivity index is 0.840. The first kappa shape index (κ1) is 122. The minimum atomic E-state index is 0.703. The van der Waals surface area contributed by atoms with Crippen molar-refractivity contribution in [3.05, 3.63) is 246 Å². The van der Waals surface area contributed by atoms with Gasteiger partial charge in [-0.3, -0.25) is 0 Å². The Morgan fingerprint density at radius 2 is 0.227 bits per heavy atom. The summed E-state index contributed by atoms with van der Waals surface area (Å²) in [4.78, 5) is 0. The third-order valence-corrected chi connectivity index (χ3v) is 40.8. The first-order valence-corrected chi connectivity index (χ1v) is 67.9. The van der Waals surface area contributed by atoms with Gasteiger partial charge in [-0.25, -0.2) is 0 Å². The number of hydrogen-bond donors (Lipinski definition) is 0. The zero-order valence-corrected chi connectivity index (χ0v) is 99.4. The average Bonchev–Trinajstić information content (AvgIpc) is 0.757. The molecule has 0 amide bonds. The molecule has 6 aliphatic rings. The van der Waals surface area contributed by atoms with Crippen molar-refractivity contribution in [3.8, 4) is 0 Å². The molecule has 0 unspecified atom stereocenters. The lowest BCUT2D eigenvalue weighted by Gasteiger charge is -2.30. The second-order valence-electron chi connectivity index (χ2n) is 52.2. The number of aryl methyl sites for hydroxylation is 6. The second-order valence-corrected chi connectivity index (χ2v) is 52.2. The largest absolute Gasteiger partial charge is 0.0654 e. The second kappa shape index (κ2) is 74.0. The molecule has 150 heavy (non-hydrogen) atoms. The first-order chi connectivity index (χ1) is 74.2. The molecule has 7 aromatic carbocycles. The summed E-state index contributed by atoms with van der Waals surface area (Å²) in [5.74, 6) is 9.81. The van der Waals surface area contributed by atoms with Crippen LogP contribution in [0.25, 0.3) is 0 Å². The molecular formula is C150H234. The van der Waals surface area contributed by atoms with Gasteiger partial charge in [-0.05, 0) is 402 Å². The van der Waals surface area contributed by atoms with E-state index in [9.17, 15) is 0 Å². The van der Waals surface area contributed by atoms with Gasteiger partial charge >= 0.3 is 0 Å². The van der Waals surface area contributed by atoms with Gasteiger partial charge < -0.3 is 0 Å². The molecule has 6 aliphatic carbocycles. The number of rotatable bonds is 78. The summed E-state index contributed by atoms with van der Waals surface area (Å²) >= 11 is 0. The summed E-state index contributed by atoms with van der Waals surface area (Å²) in [5.41, 5.74) is 29.5. The first-order valence-electron chi connectivity index (χ1n) is 67.9. The number of unbranched alkanes of at least 4 members (excludes halogenated alkanes) is 42. The van der Waals surface area contributed by atoms with Crippen LogP contribution in [-0.4, -0.2) is 0 Å². The van der Waals surface area contributed by atoms with Crippen LogP contribution in [0.4, 0.5) is 0 Å². The van der Waals surface area contributed by atoms with Crippen molar-refractivity contribution in [1.82, 2.24) is 0 Å². The SMILES string of the molecule is CCCCCCCCCC[C@H]1CC[C@H](c2ccc(CCc3c(CCc4ccc([C@H]5CC[C@H](CCCCCCCCCC)CC5)cc4)c(CCc4ccc([C@H]5CC[C@H](CCCCCCCCCC)CC5)cc4)c(CCc4ccc([C@H]5CC[C@H](CCCCCCCCCC)CC5)cc4)c(CCc4ccc([C@H]5CC[C@H](CCCCCCCCCC)CC5)cc4)c3CCc3ccc([C@H]4CC[C@H](CCCCCCCCCC)CC4)cc3)cc2)CC1. The smallest absolute Gasteiger partial charge is 0.0162 e. The van der Waals surface area contributed by atoms with Gasteiger partial charge in [-0.2, -0.15) is 0 Å². The molecule has 0 spiro atoms. The van der Waals surface area contributed by atoms with Crippen molar-refractivity contribution >= 4 is 0 Å². The standard InChI is InChI=1S/C150H234/c1-7-13-19-25-31-37-43-49-55-121-61-91-133(92-62-121)139-103-73-127(74-104-139)85-115-145-146(116-86-128-75-105-140(106-76-128)134-93-63-122(64-94-134)56-50-44-38-32-26-20-14-8-2)148(118-88-130-79-109-142(110-80-130)136-97-67-124(68-98-136)58-52-46-40-34-28-22-16-10-4)150(120-90-132-83-113-144(114-84-132)138-101-71-126(72-102-138)60-54-48-42-36-30-24-18-12-6)149(119-89-131-81-111-143(112-82-131)137-99-69-125(70-100-137)59-53-47-41-35-29-23-17-11-5)147(145)117-87-129-77-107-141(108-78-129)135-95-65-123(66-96-135)57-51-45-39-33-27-21-15-9-3/h73-84,103-114,121-126,133-138H,7-72,85-102,115-120H2,1-6H3/t121-,122-,123-,124-,125-,126-,133-,134-,135-,136-,137-,138-. The predicted molar refractivity (Wildman–Crippen MR) is 661 cm³/mol. The Morgan fingerprint density at radius 3 is 0.340 bits per heavy atom. The number of benzene rings is 7. The quantitative estimate of drug-likeness (QED) is 0.0333. The molecule has 0 radical (unpaired) electrons. The van der Waals surface area contributed by atoms with Crippen LogP contribution in [0, 0.1) is 35.5 Å². The molecule has 13 rings (SSSR count). The highest BCUT2D eigenvalue weighted by Gasteiger charge is 2.32. The lowest BCUT2D eigenvalue weighted by molar-refractivity contribution is 0.301. The van der Waals surface area contributed by atoms with Crippen LogP contribution in [-0.2, 0) is 77.0 Å². The summed E-state index contributed by atoms with van der Waals surface area (Å²) < 4.78 is 0. The van der Waals surface area contributed by atoms with Crippen LogP contribution in [0.15, 0.2) is 146 Å². The summed E-state index contributed by atoms with van der Waals surface area (Å²) in [7, 11) is 0. The molecule has 6 fully saturated rings. The van der Waals surface area contributed by atoms with Crippen molar-refractivity contribution in [2.45, 2.75) is 655 Å². The Morgan fingerprint density at radius 1 is 0.120 bits per heavy atom. The van der Waals surface area contributed by atoms with E-state index in [0.717, 1.165) is 113 Å². The molecule has 7 aromatic rings. The molecule has 0 aliphatic heterocycles. The highest BCUT2D eigenvalue weighted by Crippen LogP contribution is 2.47. The molecule has 0 aromatic heterocycles. The summed E-state index contributed by atoms with van der Waals surface area (Å²) in [5, 5.41) is 0. The van der Waals surface area contributed by atoms with Crippen molar-refractivity contribution < 1.29 is 0 Å². The van der Waals surface area contributed by atoms with Gasteiger partial charge in [0, 0.05) is 0 Å². The van der Waals surface area contributed by atoms with E-state index in [1.54, 1.807) is 100 Å².